The summed E-state index contributed by atoms with van der Waals surface area (Å²) in [5.41, 5.74) is -0.114. The Hall–Kier alpha value is -3.16. The smallest absolute Gasteiger partial charge is 0.335 e. The lowest BCUT2D eigenvalue weighted by atomic mass is 10.2. The molecule has 0 aliphatic heterocycles. The maximum Gasteiger partial charge on any atom is 0.335 e. The van der Waals surface area contributed by atoms with Gasteiger partial charge in [0.05, 0.1) is 11.9 Å². The fourth-order valence-corrected chi connectivity index (χ4v) is 1.45. The van der Waals surface area contributed by atoms with Gasteiger partial charge in [0.15, 0.2) is 5.65 Å². The van der Waals surface area contributed by atoms with E-state index in [-0.39, 0.29) is 11.2 Å². The van der Waals surface area contributed by atoms with Crippen LogP contribution in [0, 0.1) is 0 Å². The largest absolute Gasteiger partial charge is 0.478 e. The van der Waals surface area contributed by atoms with Gasteiger partial charge >= 0.3 is 11.7 Å². The van der Waals surface area contributed by atoms with E-state index in [0.29, 0.717) is 5.56 Å². The van der Waals surface area contributed by atoms with Crippen molar-refractivity contribution >= 4 is 17.1 Å². The van der Waals surface area contributed by atoms with Crippen molar-refractivity contribution in [2.24, 2.45) is 0 Å². The van der Waals surface area contributed by atoms with Gasteiger partial charge in [-0.25, -0.2) is 14.6 Å². The molecule has 3 rings (SSSR count). The van der Waals surface area contributed by atoms with Crippen molar-refractivity contribution in [3.63, 3.8) is 0 Å². The van der Waals surface area contributed by atoms with E-state index in [1.807, 2.05) is 0 Å². The summed E-state index contributed by atoms with van der Waals surface area (Å²) in [6.07, 6.45) is 1.34. The van der Waals surface area contributed by atoms with Crippen LogP contribution in [0.15, 0.2) is 46.2 Å². The molecule has 1 aromatic carbocycles. The van der Waals surface area contributed by atoms with Crippen LogP contribution >= 0.6 is 0 Å². The molecule has 4 N–H and O–H groups in total. The average molecular weight is 274 g/mol. The lowest BCUT2D eigenvalue weighted by Crippen LogP contribution is -2.21. The van der Waals surface area contributed by atoms with Gasteiger partial charge in [-0.2, -0.15) is 0 Å². The number of H-pyrrole nitrogens is 3. The first-order valence-electron chi connectivity index (χ1n) is 5.52. The minimum Gasteiger partial charge on any atom is -0.478 e. The van der Waals surface area contributed by atoms with Crippen molar-refractivity contribution in [2.45, 2.75) is 0 Å². The zero-order valence-corrected chi connectivity index (χ0v) is 10.1. The second-order valence-electron chi connectivity index (χ2n) is 3.71. The number of hydrogen-bond donors (Lipinski definition) is 4. The number of imidazole rings is 1. The molecule has 0 atom stereocenters. The number of aromatic nitrogens is 4. The van der Waals surface area contributed by atoms with Crippen LogP contribution in [0.3, 0.4) is 0 Å². The second kappa shape index (κ2) is 5.65. The molecule has 0 aliphatic rings. The summed E-state index contributed by atoms with van der Waals surface area (Å²) in [7, 11) is 0. The van der Waals surface area contributed by atoms with Gasteiger partial charge in [-0.1, -0.05) is 18.2 Å². The molecule has 0 amide bonds. The highest BCUT2D eigenvalue weighted by Gasteiger charge is 2.00. The first-order chi connectivity index (χ1) is 9.58. The van der Waals surface area contributed by atoms with E-state index in [1.165, 1.54) is 6.33 Å². The van der Waals surface area contributed by atoms with E-state index in [4.69, 9.17) is 5.11 Å². The predicted octanol–water partition coefficient (Wildman–Crippen LogP) is 0.324. The molecule has 20 heavy (non-hydrogen) atoms. The van der Waals surface area contributed by atoms with Crippen LogP contribution < -0.4 is 11.2 Å². The van der Waals surface area contributed by atoms with Gasteiger partial charge in [-0.15, -0.1) is 0 Å². The zero-order chi connectivity index (χ0) is 14.5. The molecular formula is C12H10N4O4. The van der Waals surface area contributed by atoms with Crippen LogP contribution in [0.25, 0.3) is 11.2 Å². The topological polar surface area (TPSA) is 132 Å². The normalized spacial score (nSPS) is 9.80. The summed E-state index contributed by atoms with van der Waals surface area (Å²) < 4.78 is 0. The third kappa shape index (κ3) is 2.99. The number of carbonyl (C=O) groups is 1. The molecule has 3 aromatic rings. The van der Waals surface area contributed by atoms with Crippen LogP contribution in [0.1, 0.15) is 10.4 Å². The monoisotopic (exact) mass is 274 g/mol. The Bertz CT molecular complexity index is 832. The standard InChI is InChI=1S/C7H6O2.C5H4N4O2/c8-7(9)6-4-2-1-3-5-6;10-4-2-3(7-1-6-2)8-5(11)9-4/h1-5H,(H,8,9);1H,(H3,6,7,8,9,10,11). The lowest BCUT2D eigenvalue weighted by Gasteiger charge is -1.88. The fourth-order valence-electron chi connectivity index (χ4n) is 1.45. The van der Waals surface area contributed by atoms with Gasteiger partial charge in [-0.3, -0.25) is 14.8 Å². The molecule has 0 saturated heterocycles. The Morgan fingerprint density at radius 3 is 2.40 bits per heavy atom. The number of rotatable bonds is 1. The number of nitrogens with one attached hydrogen (secondary N) is 3. The maximum atomic E-state index is 10.9. The van der Waals surface area contributed by atoms with Gasteiger partial charge < -0.3 is 10.1 Å². The third-order valence-electron chi connectivity index (χ3n) is 2.35. The van der Waals surface area contributed by atoms with Crippen LogP contribution in [-0.2, 0) is 0 Å². The van der Waals surface area contributed by atoms with Crippen LogP contribution in [-0.4, -0.2) is 31.0 Å². The quantitative estimate of drug-likeness (QED) is 0.507. The fraction of sp³-hybridized carbons (Fsp3) is 0. The highest BCUT2D eigenvalue weighted by molar-refractivity contribution is 5.87. The molecular weight excluding hydrogens is 264 g/mol. The van der Waals surface area contributed by atoms with Crippen LogP contribution in [0.2, 0.25) is 0 Å². The molecule has 0 aliphatic carbocycles. The third-order valence-corrected chi connectivity index (χ3v) is 2.35. The van der Waals surface area contributed by atoms with E-state index in [2.05, 4.69) is 19.9 Å². The summed E-state index contributed by atoms with van der Waals surface area (Å²) in [5, 5.41) is 8.38. The number of fused-ring (bicyclic) bond motifs is 1. The summed E-state index contributed by atoms with van der Waals surface area (Å²) in [4.78, 5) is 42.5. The van der Waals surface area contributed by atoms with Crippen molar-refractivity contribution in [1.29, 1.82) is 0 Å². The first-order valence-corrected chi connectivity index (χ1v) is 5.52. The van der Waals surface area contributed by atoms with Crippen molar-refractivity contribution in [3.8, 4) is 0 Å². The summed E-state index contributed by atoms with van der Waals surface area (Å²) >= 11 is 0. The SMILES string of the molecule is O=C(O)c1ccccc1.O=c1[nH]c(=O)c2[nH]cnc2[nH]1. The van der Waals surface area contributed by atoms with Crippen molar-refractivity contribution in [3.05, 3.63) is 63.1 Å². The number of nitrogens with zero attached hydrogens (tertiary/aromatic N) is 1. The molecule has 0 unspecified atom stereocenters. The maximum absolute atomic E-state index is 10.9. The average Bonchev–Trinajstić information content (AvgIpc) is 2.89. The Labute approximate surface area is 111 Å². The van der Waals surface area contributed by atoms with Gasteiger partial charge in [0.1, 0.15) is 5.52 Å². The van der Waals surface area contributed by atoms with E-state index < -0.39 is 17.2 Å². The van der Waals surface area contributed by atoms with Crippen molar-refractivity contribution < 1.29 is 9.90 Å². The molecule has 102 valence electrons. The van der Waals surface area contributed by atoms with Crippen LogP contribution in [0.4, 0.5) is 0 Å². The number of aromatic amines is 3. The van der Waals surface area contributed by atoms with Gasteiger partial charge in [0.2, 0.25) is 0 Å². The number of benzene rings is 1. The molecule has 0 saturated carbocycles. The molecule has 2 aromatic heterocycles. The first kappa shape index (κ1) is 13.3. The number of carboxylic acid groups (broad SMARTS) is 1. The molecule has 0 fully saturated rings. The van der Waals surface area contributed by atoms with E-state index in [9.17, 15) is 14.4 Å². The highest BCUT2D eigenvalue weighted by Crippen LogP contribution is 1.96. The molecule has 2 heterocycles. The summed E-state index contributed by atoms with van der Waals surface area (Å²) in [6, 6.07) is 8.30. The lowest BCUT2D eigenvalue weighted by molar-refractivity contribution is 0.0697. The second-order valence-corrected chi connectivity index (χ2v) is 3.71. The molecule has 8 nitrogen and oxygen atoms in total. The Balaban J connectivity index is 0.000000151. The minimum absolute atomic E-state index is 0.277. The highest BCUT2D eigenvalue weighted by atomic mass is 16.4. The summed E-state index contributed by atoms with van der Waals surface area (Å²) in [6.45, 7) is 0. The van der Waals surface area contributed by atoms with Crippen LogP contribution in [0.5, 0.6) is 0 Å². The summed E-state index contributed by atoms with van der Waals surface area (Å²) in [5.74, 6) is -0.879. The van der Waals surface area contributed by atoms with Gasteiger partial charge in [0.25, 0.3) is 5.56 Å². The minimum atomic E-state index is -0.879. The molecule has 0 radical (unpaired) electrons. The number of aromatic carboxylic acids is 1. The zero-order valence-electron chi connectivity index (χ0n) is 10.1. The molecule has 0 bridgehead atoms. The number of hydrogen-bond acceptors (Lipinski definition) is 4. The van der Waals surface area contributed by atoms with E-state index in [1.54, 1.807) is 30.3 Å². The van der Waals surface area contributed by atoms with E-state index in [0.717, 1.165) is 0 Å². The van der Waals surface area contributed by atoms with E-state index >= 15 is 0 Å². The van der Waals surface area contributed by atoms with Gasteiger partial charge in [-0.05, 0) is 12.1 Å². The Kier molecular flexibility index (Phi) is 3.75. The predicted molar refractivity (Wildman–Crippen MR) is 70.7 cm³/mol. The van der Waals surface area contributed by atoms with Crippen molar-refractivity contribution in [2.75, 3.05) is 0 Å². The number of carboxylic acids is 1. The molecule has 8 heteroatoms. The molecule has 0 spiro atoms. The Morgan fingerprint density at radius 2 is 1.80 bits per heavy atom. The Morgan fingerprint density at radius 1 is 1.10 bits per heavy atom. The van der Waals surface area contributed by atoms with Crippen molar-refractivity contribution in [1.82, 2.24) is 19.9 Å². The van der Waals surface area contributed by atoms with Gasteiger partial charge in [0, 0.05) is 0 Å².